The predicted octanol–water partition coefficient (Wildman–Crippen LogP) is 11.9. The zero-order valence-electron chi connectivity index (χ0n) is 30.2. The van der Waals surface area contributed by atoms with E-state index in [4.69, 9.17) is 9.68 Å². The number of rotatable bonds is 15. The number of aryl methyl sites for hydroxylation is 2. The minimum atomic E-state index is -0.0209. The number of hydrogen-bond acceptors (Lipinski definition) is 9. The summed E-state index contributed by atoms with van der Waals surface area (Å²) in [7, 11) is 0. The molecule has 7 rings (SSSR count). The van der Waals surface area contributed by atoms with Gasteiger partial charge in [0.15, 0.2) is 5.78 Å². The summed E-state index contributed by atoms with van der Waals surface area (Å²) >= 11 is 0. The summed E-state index contributed by atoms with van der Waals surface area (Å²) in [6, 6.07) is 53.6. The lowest BCUT2D eigenvalue weighted by Gasteiger charge is -2.25. The zero-order valence-corrected chi connectivity index (χ0v) is 30.2. The highest BCUT2D eigenvalue weighted by molar-refractivity contribution is 5.96. The molecule has 0 aromatic heterocycles. The van der Waals surface area contributed by atoms with Gasteiger partial charge in [-0.2, -0.15) is 5.11 Å². The Hall–Kier alpha value is -7.26. The average molecular weight is 726 g/mol. The normalized spacial score (nSPS) is 11.2. The van der Waals surface area contributed by atoms with E-state index in [0.717, 1.165) is 51.9 Å². The largest absolute Gasteiger partial charge is 0.506 e. The van der Waals surface area contributed by atoms with Crippen LogP contribution in [0, 0.1) is 0 Å². The highest BCUT2D eigenvalue weighted by atomic mass is 16.7. The van der Waals surface area contributed by atoms with Crippen LogP contribution >= 0.6 is 0 Å². The van der Waals surface area contributed by atoms with Crippen molar-refractivity contribution in [3.8, 4) is 5.75 Å². The van der Waals surface area contributed by atoms with E-state index in [1.165, 1.54) is 24.5 Å². The number of nitrogens with one attached hydrogen (secondary N) is 1. The van der Waals surface area contributed by atoms with Gasteiger partial charge in [0.05, 0.1) is 11.4 Å². The quantitative estimate of drug-likeness (QED) is 0.0358. The number of azo groups is 1. The van der Waals surface area contributed by atoms with E-state index in [1.807, 2.05) is 42.5 Å². The van der Waals surface area contributed by atoms with Crippen LogP contribution in [-0.2, 0) is 29.1 Å². The Morgan fingerprint density at radius 1 is 0.673 bits per heavy atom. The molecule has 0 aliphatic carbocycles. The Bertz CT molecular complexity index is 2360. The van der Waals surface area contributed by atoms with Crippen molar-refractivity contribution in [2.45, 2.75) is 26.4 Å². The monoisotopic (exact) mass is 725 g/mol. The van der Waals surface area contributed by atoms with E-state index >= 15 is 0 Å². The number of benzene rings is 7. The van der Waals surface area contributed by atoms with Gasteiger partial charge in [0, 0.05) is 28.0 Å². The summed E-state index contributed by atoms with van der Waals surface area (Å²) in [6.45, 7) is 1.73. The number of carbonyl (C=O) groups is 1. The number of anilines is 4. The van der Waals surface area contributed by atoms with E-state index < -0.39 is 0 Å². The summed E-state index contributed by atoms with van der Waals surface area (Å²) < 4.78 is 0. The van der Waals surface area contributed by atoms with Crippen LogP contribution in [0.4, 0.5) is 34.1 Å². The minimum absolute atomic E-state index is 0.0151. The third-order valence-corrected chi connectivity index (χ3v) is 9.03. The molecule has 0 fully saturated rings. The van der Waals surface area contributed by atoms with Crippen LogP contribution in [0.15, 0.2) is 179 Å². The maximum absolute atomic E-state index is 11.5. The van der Waals surface area contributed by atoms with Gasteiger partial charge in [0.25, 0.3) is 0 Å². The molecular formula is C46H39N5O4. The van der Waals surface area contributed by atoms with Crippen molar-refractivity contribution >= 4 is 57.1 Å². The van der Waals surface area contributed by atoms with Gasteiger partial charge in [-0.05, 0) is 127 Å². The van der Waals surface area contributed by atoms with Gasteiger partial charge in [-0.25, -0.2) is 5.48 Å². The molecular weight excluding hydrogens is 687 g/mol. The van der Waals surface area contributed by atoms with Crippen LogP contribution in [0.25, 0.3) is 10.8 Å². The number of oxime groups is 1. The number of Topliss-reactive ketones (excluding diaryl/α,β-unsaturated/α-hetero) is 1. The number of carbonyl (C=O) groups excluding carboxylic acids is 1. The number of para-hydroxylation sites is 2. The molecule has 0 heterocycles. The van der Waals surface area contributed by atoms with Crippen molar-refractivity contribution in [3.63, 3.8) is 0 Å². The molecule has 7 aromatic rings. The number of hydrogen-bond donors (Lipinski definition) is 2. The first-order valence-electron chi connectivity index (χ1n) is 17.9. The van der Waals surface area contributed by atoms with Gasteiger partial charge in [-0.15, -0.1) is 5.11 Å². The second-order valence-corrected chi connectivity index (χ2v) is 12.9. The van der Waals surface area contributed by atoms with Gasteiger partial charge in [0.1, 0.15) is 18.0 Å². The zero-order chi connectivity index (χ0) is 37.8. The van der Waals surface area contributed by atoms with Crippen molar-refractivity contribution in [1.29, 1.82) is 0 Å². The van der Waals surface area contributed by atoms with E-state index in [2.05, 4.69) is 111 Å². The Balaban J connectivity index is 0.867. The first-order chi connectivity index (χ1) is 27.0. The fraction of sp³-hybridized carbons (Fsp3) is 0.0870. The average Bonchev–Trinajstić information content (AvgIpc) is 3.23. The van der Waals surface area contributed by atoms with Crippen LogP contribution in [0.2, 0.25) is 0 Å². The molecule has 2 N–H and O–H groups in total. The van der Waals surface area contributed by atoms with Crippen LogP contribution < -0.4 is 10.4 Å². The van der Waals surface area contributed by atoms with E-state index in [-0.39, 0.29) is 18.1 Å². The molecule has 9 heteroatoms. The minimum Gasteiger partial charge on any atom is -0.506 e. The fourth-order valence-corrected chi connectivity index (χ4v) is 6.12. The molecule has 0 aliphatic rings. The van der Waals surface area contributed by atoms with E-state index in [1.54, 1.807) is 36.4 Å². The Kier molecular flexibility index (Phi) is 11.5. The van der Waals surface area contributed by atoms with Crippen molar-refractivity contribution in [3.05, 3.63) is 186 Å². The molecule has 0 radical (unpaired) electrons. The van der Waals surface area contributed by atoms with Crippen LogP contribution in [0.5, 0.6) is 5.75 Å². The van der Waals surface area contributed by atoms with Gasteiger partial charge >= 0.3 is 0 Å². The number of phenols is 1. The fourth-order valence-electron chi connectivity index (χ4n) is 6.12. The van der Waals surface area contributed by atoms with Gasteiger partial charge in [0.2, 0.25) is 6.40 Å². The van der Waals surface area contributed by atoms with Gasteiger partial charge < -0.3 is 19.7 Å². The second-order valence-electron chi connectivity index (χ2n) is 12.9. The summed E-state index contributed by atoms with van der Waals surface area (Å²) in [6.07, 6.45) is 3.04. The van der Waals surface area contributed by atoms with Gasteiger partial charge in [-0.3, -0.25) is 4.79 Å². The number of nitrogens with zero attached hydrogens (tertiary/aromatic N) is 4. The molecule has 55 heavy (non-hydrogen) atoms. The molecule has 0 aliphatic heterocycles. The summed E-state index contributed by atoms with van der Waals surface area (Å²) in [5.74, 6) is -0.00583. The second kappa shape index (κ2) is 17.5. The number of aromatic hydroxyl groups is 1. The molecule has 9 nitrogen and oxygen atoms in total. The number of fused-ring (bicyclic) bond motifs is 1. The van der Waals surface area contributed by atoms with E-state index in [9.17, 15) is 9.90 Å². The van der Waals surface area contributed by atoms with Crippen molar-refractivity contribution in [2.75, 3.05) is 10.4 Å². The maximum Gasteiger partial charge on any atom is 0.245 e. The summed E-state index contributed by atoms with van der Waals surface area (Å²) in [5, 5.41) is 24.5. The SMILES string of the molecule is CC(=O)c1ccc(N=Nc2c(O)ccc3cc(CO/N=C/ONc4ccc(CCc5ccc(N(c6ccccc6)c6ccccc6)cc5)cc4)ccc23)cc1. The Morgan fingerprint density at radius 3 is 1.91 bits per heavy atom. The third-order valence-electron chi connectivity index (χ3n) is 9.03. The van der Waals surface area contributed by atoms with Gasteiger partial charge in [-0.1, -0.05) is 84.0 Å². The number of ketones is 1. The van der Waals surface area contributed by atoms with Crippen molar-refractivity contribution in [2.24, 2.45) is 15.4 Å². The third kappa shape index (κ3) is 9.40. The molecule has 7 aromatic carbocycles. The first kappa shape index (κ1) is 36.1. The number of phenolic OH excluding ortho intramolecular Hbond substituents is 1. The lowest BCUT2D eigenvalue weighted by Crippen LogP contribution is -2.09. The molecule has 0 bridgehead atoms. The standard InChI is InChI=1S/C46H39N5O4/c1-33(52)37-19-24-39(25-20-37)48-49-46-44-28-18-36(30-38(44)21-29-45(46)53)31-54-47-32-55-50-40-22-14-34(15-23-40)12-13-35-16-26-43(27-17-35)51(41-8-4-2-5-9-41)42-10-6-3-7-11-42/h2-11,14-30,32,50,53H,12-13,31H2,1H3/b47-32+,49-48?. The molecule has 0 amide bonds. The maximum atomic E-state index is 11.5. The Morgan fingerprint density at radius 2 is 1.27 bits per heavy atom. The highest BCUT2D eigenvalue weighted by Crippen LogP contribution is 2.37. The van der Waals surface area contributed by atoms with Crippen molar-refractivity contribution < 1.29 is 19.6 Å². The first-order valence-corrected chi connectivity index (χ1v) is 17.9. The summed E-state index contributed by atoms with van der Waals surface area (Å²) in [4.78, 5) is 24.6. The predicted molar refractivity (Wildman–Crippen MR) is 219 cm³/mol. The molecule has 272 valence electrons. The lowest BCUT2D eigenvalue weighted by molar-refractivity contribution is 0.101. The molecule has 0 saturated carbocycles. The summed E-state index contributed by atoms with van der Waals surface area (Å²) in [5.41, 5.74) is 11.9. The molecule has 0 spiro atoms. The molecule has 0 unspecified atom stereocenters. The van der Waals surface area contributed by atoms with Crippen LogP contribution in [0.3, 0.4) is 0 Å². The lowest BCUT2D eigenvalue weighted by atomic mass is 10.0. The van der Waals surface area contributed by atoms with E-state index in [0.29, 0.717) is 16.9 Å². The molecule has 0 atom stereocenters. The highest BCUT2D eigenvalue weighted by Gasteiger charge is 2.12. The van der Waals surface area contributed by atoms with Crippen molar-refractivity contribution in [1.82, 2.24) is 0 Å². The molecule has 0 saturated heterocycles. The van der Waals surface area contributed by atoms with Crippen LogP contribution in [0.1, 0.15) is 34.0 Å². The Labute approximate surface area is 319 Å². The van der Waals surface area contributed by atoms with Crippen LogP contribution in [-0.4, -0.2) is 17.3 Å². The topological polar surface area (TPSA) is 108 Å². The smallest absolute Gasteiger partial charge is 0.245 e.